The number of fused-ring (bicyclic) bond motifs is 1. The molecule has 1 fully saturated rings. The van der Waals surface area contributed by atoms with Gasteiger partial charge in [-0.3, -0.25) is 0 Å². The summed E-state index contributed by atoms with van der Waals surface area (Å²) >= 11 is 0. The van der Waals surface area contributed by atoms with Gasteiger partial charge in [0.1, 0.15) is 0 Å². The minimum Gasteiger partial charge on any atom is -0.374 e. The van der Waals surface area contributed by atoms with E-state index in [1.54, 1.807) is 5.56 Å². The Morgan fingerprint density at radius 3 is 2.90 bits per heavy atom. The number of likely N-dealkylation sites (tertiary alicyclic amines) is 1. The van der Waals surface area contributed by atoms with Gasteiger partial charge in [-0.25, -0.2) is 0 Å². The van der Waals surface area contributed by atoms with Crippen LogP contribution < -0.4 is 10.2 Å². The van der Waals surface area contributed by atoms with Gasteiger partial charge >= 0.3 is 0 Å². The minimum absolute atomic E-state index is 0.855. The van der Waals surface area contributed by atoms with Crippen molar-refractivity contribution < 1.29 is 0 Å². The highest BCUT2D eigenvalue weighted by Crippen LogP contribution is 2.27. The first-order valence-electron chi connectivity index (χ1n) is 7.95. The van der Waals surface area contributed by atoms with Crippen LogP contribution in [-0.4, -0.2) is 45.2 Å². The molecule has 3 heteroatoms. The molecule has 1 N–H and O–H groups in total. The lowest BCUT2D eigenvalue weighted by atomic mass is 9.95. The van der Waals surface area contributed by atoms with Gasteiger partial charge in [-0.15, -0.1) is 0 Å². The van der Waals surface area contributed by atoms with Crippen molar-refractivity contribution in [3.05, 3.63) is 29.3 Å². The van der Waals surface area contributed by atoms with Gasteiger partial charge in [0.15, 0.2) is 0 Å². The standard InChI is InChI=1S/C17H27N3/c1-19-10-7-14(8-11-19)13-20(2)17-5-3-4-15-12-18-9-6-16(15)17/h3-5,14,18H,6-13H2,1-2H3. The highest BCUT2D eigenvalue weighted by Gasteiger charge is 2.20. The first-order valence-corrected chi connectivity index (χ1v) is 7.95. The van der Waals surface area contributed by atoms with Crippen LogP contribution in [0.2, 0.25) is 0 Å². The van der Waals surface area contributed by atoms with E-state index in [9.17, 15) is 0 Å². The molecular weight excluding hydrogens is 246 g/mol. The van der Waals surface area contributed by atoms with Crippen molar-refractivity contribution >= 4 is 5.69 Å². The number of anilines is 1. The zero-order valence-corrected chi connectivity index (χ0v) is 12.9. The highest BCUT2D eigenvalue weighted by atomic mass is 15.1. The van der Waals surface area contributed by atoms with Crippen LogP contribution in [0.15, 0.2) is 18.2 Å². The lowest BCUT2D eigenvalue weighted by Gasteiger charge is -2.34. The Labute approximate surface area is 123 Å². The summed E-state index contributed by atoms with van der Waals surface area (Å²) in [5.74, 6) is 0.855. The fraction of sp³-hybridized carbons (Fsp3) is 0.647. The van der Waals surface area contributed by atoms with E-state index in [0.717, 1.165) is 19.0 Å². The SMILES string of the molecule is CN1CCC(CN(C)c2cccc3c2CCNC3)CC1. The molecule has 0 radical (unpaired) electrons. The maximum Gasteiger partial charge on any atom is 0.0400 e. The summed E-state index contributed by atoms with van der Waals surface area (Å²) in [5, 5.41) is 3.47. The summed E-state index contributed by atoms with van der Waals surface area (Å²) in [6.45, 7) is 5.87. The highest BCUT2D eigenvalue weighted by molar-refractivity contribution is 5.57. The van der Waals surface area contributed by atoms with E-state index in [4.69, 9.17) is 0 Å². The summed E-state index contributed by atoms with van der Waals surface area (Å²) in [6.07, 6.45) is 3.86. The molecule has 0 unspecified atom stereocenters. The van der Waals surface area contributed by atoms with Crippen molar-refractivity contribution in [3.8, 4) is 0 Å². The molecule has 3 nitrogen and oxygen atoms in total. The maximum absolute atomic E-state index is 3.47. The molecule has 110 valence electrons. The first-order chi connectivity index (χ1) is 9.74. The molecule has 20 heavy (non-hydrogen) atoms. The molecule has 0 atom stereocenters. The molecule has 1 saturated heterocycles. The molecule has 0 bridgehead atoms. The molecule has 1 aromatic rings. The van der Waals surface area contributed by atoms with E-state index in [1.165, 1.54) is 50.1 Å². The van der Waals surface area contributed by atoms with E-state index >= 15 is 0 Å². The van der Waals surface area contributed by atoms with Crippen molar-refractivity contribution in [2.24, 2.45) is 5.92 Å². The molecule has 2 aliphatic heterocycles. The molecular formula is C17H27N3. The van der Waals surface area contributed by atoms with Crippen molar-refractivity contribution in [1.82, 2.24) is 10.2 Å². The molecule has 0 saturated carbocycles. The van der Waals surface area contributed by atoms with Crippen LogP contribution in [0.4, 0.5) is 5.69 Å². The number of benzene rings is 1. The second kappa shape index (κ2) is 6.15. The Bertz CT molecular complexity index is 450. The minimum atomic E-state index is 0.855. The fourth-order valence-electron chi connectivity index (χ4n) is 3.60. The Balaban J connectivity index is 1.69. The Kier molecular flexibility index (Phi) is 4.27. The molecule has 0 aliphatic carbocycles. The first kappa shape index (κ1) is 13.9. The fourth-order valence-corrected chi connectivity index (χ4v) is 3.60. The van der Waals surface area contributed by atoms with Gasteiger partial charge in [-0.05, 0) is 69.1 Å². The number of nitrogens with zero attached hydrogens (tertiary/aromatic N) is 2. The van der Waals surface area contributed by atoms with Gasteiger partial charge in [0.2, 0.25) is 0 Å². The van der Waals surface area contributed by atoms with Crippen LogP contribution in [0.3, 0.4) is 0 Å². The Hall–Kier alpha value is -1.06. The molecule has 0 spiro atoms. The molecule has 0 aromatic heterocycles. The third-order valence-electron chi connectivity index (χ3n) is 4.90. The van der Waals surface area contributed by atoms with Crippen LogP contribution in [0.5, 0.6) is 0 Å². The largest absolute Gasteiger partial charge is 0.374 e. The zero-order valence-electron chi connectivity index (χ0n) is 12.9. The van der Waals surface area contributed by atoms with Crippen LogP contribution >= 0.6 is 0 Å². The lowest BCUT2D eigenvalue weighted by molar-refractivity contribution is 0.222. The van der Waals surface area contributed by atoms with Crippen molar-refractivity contribution in [2.45, 2.75) is 25.8 Å². The summed E-state index contributed by atoms with van der Waals surface area (Å²) in [4.78, 5) is 4.95. The van der Waals surface area contributed by atoms with E-state index in [0.29, 0.717) is 0 Å². The molecule has 2 aliphatic rings. The van der Waals surface area contributed by atoms with E-state index in [-0.39, 0.29) is 0 Å². The van der Waals surface area contributed by atoms with E-state index in [1.807, 2.05) is 0 Å². The quantitative estimate of drug-likeness (QED) is 0.910. The number of hydrogen-bond donors (Lipinski definition) is 1. The van der Waals surface area contributed by atoms with Crippen LogP contribution in [-0.2, 0) is 13.0 Å². The van der Waals surface area contributed by atoms with Gasteiger partial charge in [-0.2, -0.15) is 0 Å². The van der Waals surface area contributed by atoms with Gasteiger partial charge in [0, 0.05) is 25.8 Å². The van der Waals surface area contributed by atoms with Crippen molar-refractivity contribution in [1.29, 1.82) is 0 Å². The van der Waals surface area contributed by atoms with Crippen molar-refractivity contribution in [3.63, 3.8) is 0 Å². The van der Waals surface area contributed by atoms with Crippen molar-refractivity contribution in [2.75, 3.05) is 45.2 Å². The normalized spacial score (nSPS) is 20.7. The molecule has 3 rings (SSSR count). The maximum atomic E-state index is 3.47. The third-order valence-corrected chi connectivity index (χ3v) is 4.90. The van der Waals surface area contributed by atoms with Gasteiger partial charge < -0.3 is 15.1 Å². The number of hydrogen-bond acceptors (Lipinski definition) is 3. The zero-order chi connectivity index (χ0) is 13.9. The third kappa shape index (κ3) is 2.99. The van der Waals surface area contributed by atoms with E-state index in [2.05, 4.69) is 47.4 Å². The topological polar surface area (TPSA) is 18.5 Å². The second-order valence-corrected chi connectivity index (χ2v) is 6.47. The number of nitrogens with one attached hydrogen (secondary N) is 1. The Morgan fingerprint density at radius 1 is 1.30 bits per heavy atom. The summed E-state index contributed by atoms with van der Waals surface area (Å²) < 4.78 is 0. The average molecular weight is 273 g/mol. The monoisotopic (exact) mass is 273 g/mol. The van der Waals surface area contributed by atoms with E-state index < -0.39 is 0 Å². The Morgan fingerprint density at radius 2 is 2.10 bits per heavy atom. The molecule has 2 heterocycles. The van der Waals surface area contributed by atoms with Crippen LogP contribution in [0, 0.1) is 5.92 Å². The lowest BCUT2D eigenvalue weighted by Crippen LogP contribution is -2.36. The summed E-state index contributed by atoms with van der Waals surface area (Å²) in [7, 11) is 4.51. The molecule has 0 amide bonds. The van der Waals surface area contributed by atoms with Crippen LogP contribution in [0.1, 0.15) is 24.0 Å². The van der Waals surface area contributed by atoms with Gasteiger partial charge in [0.25, 0.3) is 0 Å². The summed E-state index contributed by atoms with van der Waals surface area (Å²) in [5.41, 5.74) is 4.52. The number of piperidine rings is 1. The number of rotatable bonds is 3. The predicted octanol–water partition coefficient (Wildman–Crippen LogP) is 2.11. The van der Waals surface area contributed by atoms with Crippen LogP contribution in [0.25, 0.3) is 0 Å². The van der Waals surface area contributed by atoms with Gasteiger partial charge in [-0.1, -0.05) is 12.1 Å². The average Bonchev–Trinajstić information content (AvgIpc) is 2.49. The smallest absolute Gasteiger partial charge is 0.0400 e. The van der Waals surface area contributed by atoms with Gasteiger partial charge in [0.05, 0.1) is 0 Å². The molecule has 1 aromatic carbocycles. The predicted molar refractivity (Wildman–Crippen MR) is 85.3 cm³/mol. The second-order valence-electron chi connectivity index (χ2n) is 6.47. The summed E-state index contributed by atoms with van der Waals surface area (Å²) in [6, 6.07) is 6.79.